The van der Waals surface area contributed by atoms with Gasteiger partial charge in [-0.15, -0.1) is 0 Å². The molecule has 0 heterocycles. The summed E-state index contributed by atoms with van der Waals surface area (Å²) in [6.07, 6.45) is 4.52. The Morgan fingerprint density at radius 1 is 1.10 bits per heavy atom. The van der Waals surface area contributed by atoms with Gasteiger partial charge in [0, 0.05) is 8.07 Å². The zero-order chi connectivity index (χ0) is 7.78. The van der Waals surface area contributed by atoms with Gasteiger partial charge in [-0.1, -0.05) is 45.8 Å². The van der Waals surface area contributed by atoms with Crippen LogP contribution in [0.25, 0.3) is 0 Å². The molecule has 0 saturated heterocycles. The zero-order valence-corrected chi connectivity index (χ0v) is 8.78. The highest BCUT2D eigenvalue weighted by Gasteiger charge is 2.34. The molecule has 0 aromatic rings. The third kappa shape index (κ3) is 1.63. The summed E-state index contributed by atoms with van der Waals surface area (Å²) in [6, 6.07) is 0. The minimum Gasteiger partial charge on any atom is -0.0693 e. The molecule has 0 spiro atoms. The molecule has 0 aromatic carbocycles. The van der Waals surface area contributed by atoms with Crippen LogP contribution in [0.4, 0.5) is 0 Å². The Bertz CT molecular complexity index is 112. The van der Waals surface area contributed by atoms with Gasteiger partial charge in [0.1, 0.15) is 0 Å². The molecule has 1 fully saturated rings. The van der Waals surface area contributed by atoms with Crippen molar-refractivity contribution < 1.29 is 0 Å². The number of hydrogen-bond acceptors (Lipinski definition) is 0. The predicted octanol–water partition coefficient (Wildman–Crippen LogP) is 3.51. The van der Waals surface area contributed by atoms with Crippen molar-refractivity contribution in [2.75, 3.05) is 0 Å². The highest BCUT2D eigenvalue weighted by Crippen LogP contribution is 2.42. The molecule has 1 aliphatic carbocycles. The van der Waals surface area contributed by atoms with Crippen LogP contribution in [0.1, 0.15) is 26.2 Å². The van der Waals surface area contributed by atoms with Crippen LogP contribution in [0, 0.1) is 5.92 Å². The first-order valence-electron chi connectivity index (χ1n) is 4.52. The fourth-order valence-electron chi connectivity index (χ4n) is 2.43. The van der Waals surface area contributed by atoms with E-state index < -0.39 is 8.07 Å². The highest BCUT2D eigenvalue weighted by atomic mass is 28.3. The molecule has 2 unspecified atom stereocenters. The number of rotatable bonds is 1. The first-order chi connectivity index (χ1) is 4.52. The van der Waals surface area contributed by atoms with Crippen molar-refractivity contribution in [2.24, 2.45) is 5.92 Å². The first-order valence-corrected chi connectivity index (χ1v) is 8.09. The van der Waals surface area contributed by atoms with Crippen molar-refractivity contribution in [1.82, 2.24) is 0 Å². The second-order valence-corrected chi connectivity index (χ2v) is 10.4. The standard InChI is InChI=1S/C9H20Si/c1-8-6-5-7-9(8)10(2,3)4/h8-9H,5-7H2,1-4H3. The fraction of sp³-hybridized carbons (Fsp3) is 1.00. The molecule has 10 heavy (non-hydrogen) atoms. The Morgan fingerprint density at radius 2 is 1.70 bits per heavy atom. The maximum absolute atomic E-state index is 2.51. The average Bonchev–Trinajstić information content (AvgIpc) is 2.11. The van der Waals surface area contributed by atoms with E-state index in [0.717, 1.165) is 11.5 Å². The van der Waals surface area contributed by atoms with Crippen molar-refractivity contribution in [3.63, 3.8) is 0 Å². The maximum Gasteiger partial charge on any atom is 0.0476 e. The molecule has 0 aliphatic heterocycles. The van der Waals surface area contributed by atoms with Gasteiger partial charge in [0.2, 0.25) is 0 Å². The SMILES string of the molecule is CC1CCCC1[Si](C)(C)C. The van der Waals surface area contributed by atoms with Crippen LogP contribution in [0.15, 0.2) is 0 Å². The lowest BCUT2D eigenvalue weighted by Crippen LogP contribution is -2.29. The Labute approximate surface area is 66.0 Å². The van der Waals surface area contributed by atoms with E-state index in [0.29, 0.717) is 0 Å². The van der Waals surface area contributed by atoms with Crippen molar-refractivity contribution in [2.45, 2.75) is 51.4 Å². The quantitative estimate of drug-likeness (QED) is 0.510. The molecule has 1 saturated carbocycles. The summed E-state index contributed by atoms with van der Waals surface area (Å²) in [6.45, 7) is 9.98. The van der Waals surface area contributed by atoms with Crippen molar-refractivity contribution in [3.8, 4) is 0 Å². The lowest BCUT2D eigenvalue weighted by molar-refractivity contribution is 0.596. The lowest BCUT2D eigenvalue weighted by atomic mass is 10.1. The molecular weight excluding hydrogens is 136 g/mol. The Kier molecular flexibility index (Phi) is 2.23. The van der Waals surface area contributed by atoms with Crippen LogP contribution in [-0.4, -0.2) is 8.07 Å². The van der Waals surface area contributed by atoms with Gasteiger partial charge >= 0.3 is 0 Å². The van der Waals surface area contributed by atoms with Crippen LogP contribution < -0.4 is 0 Å². The van der Waals surface area contributed by atoms with Crippen LogP contribution >= 0.6 is 0 Å². The summed E-state index contributed by atoms with van der Waals surface area (Å²) < 4.78 is 0. The summed E-state index contributed by atoms with van der Waals surface area (Å²) in [5.74, 6) is 1.03. The van der Waals surface area contributed by atoms with E-state index in [1.54, 1.807) is 0 Å². The second-order valence-electron chi connectivity index (χ2n) is 4.88. The molecular formula is C9H20Si. The van der Waals surface area contributed by atoms with Crippen LogP contribution in [0.5, 0.6) is 0 Å². The topological polar surface area (TPSA) is 0 Å². The fourth-order valence-corrected chi connectivity index (χ4v) is 5.38. The molecule has 1 aliphatic rings. The Hall–Kier alpha value is 0.217. The summed E-state index contributed by atoms with van der Waals surface area (Å²) in [7, 11) is -0.787. The smallest absolute Gasteiger partial charge is 0.0476 e. The zero-order valence-electron chi connectivity index (χ0n) is 7.78. The molecule has 0 bridgehead atoms. The number of hydrogen-bond donors (Lipinski definition) is 0. The molecule has 0 N–H and O–H groups in total. The van der Waals surface area contributed by atoms with Gasteiger partial charge in [0.15, 0.2) is 0 Å². The van der Waals surface area contributed by atoms with Gasteiger partial charge in [-0.2, -0.15) is 0 Å². The molecule has 0 aromatic heterocycles. The Balaban J connectivity index is 2.55. The molecule has 1 heteroatoms. The molecule has 0 nitrogen and oxygen atoms in total. The van der Waals surface area contributed by atoms with E-state index in [2.05, 4.69) is 26.6 Å². The van der Waals surface area contributed by atoms with Gasteiger partial charge in [0.25, 0.3) is 0 Å². The van der Waals surface area contributed by atoms with Gasteiger partial charge in [0.05, 0.1) is 0 Å². The summed E-state index contributed by atoms with van der Waals surface area (Å²) in [5, 5.41) is 0. The summed E-state index contributed by atoms with van der Waals surface area (Å²) >= 11 is 0. The van der Waals surface area contributed by atoms with Gasteiger partial charge in [-0.05, 0) is 11.5 Å². The predicted molar refractivity (Wildman–Crippen MR) is 50.1 cm³/mol. The second kappa shape index (κ2) is 2.69. The maximum atomic E-state index is 2.51. The van der Waals surface area contributed by atoms with Crippen LogP contribution in [0.3, 0.4) is 0 Å². The highest BCUT2D eigenvalue weighted by molar-refractivity contribution is 6.77. The monoisotopic (exact) mass is 156 g/mol. The van der Waals surface area contributed by atoms with Gasteiger partial charge < -0.3 is 0 Å². The minimum atomic E-state index is -0.787. The van der Waals surface area contributed by atoms with E-state index >= 15 is 0 Å². The normalized spacial score (nSPS) is 34.8. The van der Waals surface area contributed by atoms with Crippen molar-refractivity contribution in [3.05, 3.63) is 0 Å². The van der Waals surface area contributed by atoms with Crippen LogP contribution in [-0.2, 0) is 0 Å². The lowest BCUT2D eigenvalue weighted by Gasteiger charge is -2.28. The molecule has 2 atom stereocenters. The van der Waals surface area contributed by atoms with E-state index in [1.165, 1.54) is 19.3 Å². The van der Waals surface area contributed by atoms with E-state index in [1.807, 2.05) is 0 Å². The van der Waals surface area contributed by atoms with Gasteiger partial charge in [-0.25, -0.2) is 0 Å². The van der Waals surface area contributed by atoms with E-state index in [9.17, 15) is 0 Å². The van der Waals surface area contributed by atoms with Crippen molar-refractivity contribution in [1.29, 1.82) is 0 Å². The van der Waals surface area contributed by atoms with E-state index in [4.69, 9.17) is 0 Å². The van der Waals surface area contributed by atoms with E-state index in [-0.39, 0.29) is 0 Å². The Morgan fingerprint density at radius 3 is 1.90 bits per heavy atom. The molecule has 0 radical (unpaired) electrons. The average molecular weight is 156 g/mol. The van der Waals surface area contributed by atoms with Crippen LogP contribution in [0.2, 0.25) is 25.2 Å². The van der Waals surface area contributed by atoms with Crippen molar-refractivity contribution >= 4 is 8.07 Å². The summed E-state index contributed by atoms with van der Waals surface area (Å²) in [5.41, 5.74) is 1.12. The third-order valence-electron chi connectivity index (χ3n) is 2.97. The molecule has 0 amide bonds. The molecule has 1 rings (SSSR count). The van der Waals surface area contributed by atoms with Gasteiger partial charge in [-0.3, -0.25) is 0 Å². The first kappa shape index (κ1) is 8.31. The third-order valence-corrected chi connectivity index (χ3v) is 6.06. The largest absolute Gasteiger partial charge is 0.0693 e. The minimum absolute atomic E-state index is 0.787. The summed E-state index contributed by atoms with van der Waals surface area (Å²) in [4.78, 5) is 0. The molecule has 60 valence electrons.